The van der Waals surface area contributed by atoms with Crippen LogP contribution in [-0.4, -0.2) is 77.2 Å². The van der Waals surface area contributed by atoms with Gasteiger partial charge in [-0.05, 0) is 25.1 Å². The summed E-state index contributed by atoms with van der Waals surface area (Å²) in [7, 11) is -1.88. The molecule has 0 N–H and O–H groups in total. The molecule has 10 heteroatoms. The predicted molar refractivity (Wildman–Crippen MR) is 131 cm³/mol. The fourth-order valence-electron chi connectivity index (χ4n) is 4.30. The van der Waals surface area contributed by atoms with Crippen molar-refractivity contribution in [3.05, 3.63) is 47.2 Å². The number of amides is 1. The molecule has 0 spiro atoms. The third-order valence-electron chi connectivity index (χ3n) is 6.36. The first-order valence-corrected chi connectivity index (χ1v) is 13.6. The molecule has 3 heterocycles. The van der Waals surface area contributed by atoms with Crippen molar-refractivity contribution in [3.63, 3.8) is 0 Å². The Morgan fingerprint density at radius 3 is 2.45 bits per heavy atom. The van der Waals surface area contributed by atoms with Crippen LogP contribution in [0, 0.1) is 0 Å². The molecule has 1 aromatic carbocycles. The second-order valence-electron chi connectivity index (χ2n) is 8.29. The van der Waals surface area contributed by atoms with Crippen molar-refractivity contribution in [1.82, 2.24) is 23.7 Å². The molecule has 1 amide bonds. The SMILES string of the molecule is CCN(CC)S(=O)(=O)c1cc(C(=O)N2CCN([C@@H](C)c3nc4ccccc4s3)CC2)n(C)c1. The van der Waals surface area contributed by atoms with Crippen LogP contribution < -0.4 is 0 Å². The number of piperazine rings is 1. The molecule has 0 aliphatic carbocycles. The lowest BCUT2D eigenvalue weighted by molar-refractivity contribution is 0.0573. The Balaban J connectivity index is 1.44. The van der Waals surface area contributed by atoms with Crippen molar-refractivity contribution in [1.29, 1.82) is 0 Å². The van der Waals surface area contributed by atoms with Crippen molar-refractivity contribution in [2.45, 2.75) is 31.7 Å². The molecule has 178 valence electrons. The van der Waals surface area contributed by atoms with Crippen molar-refractivity contribution in [2.24, 2.45) is 7.05 Å². The number of thiazole rings is 1. The molecule has 1 aliphatic rings. The summed E-state index contributed by atoms with van der Waals surface area (Å²) in [4.78, 5) is 22.3. The Morgan fingerprint density at radius 2 is 1.82 bits per heavy atom. The monoisotopic (exact) mass is 489 g/mol. The smallest absolute Gasteiger partial charge is 0.270 e. The lowest BCUT2D eigenvalue weighted by Gasteiger charge is -2.37. The summed E-state index contributed by atoms with van der Waals surface area (Å²) >= 11 is 1.72. The van der Waals surface area contributed by atoms with Gasteiger partial charge in [-0.1, -0.05) is 26.0 Å². The molecular weight excluding hydrogens is 458 g/mol. The number of nitrogens with zero attached hydrogens (tertiary/aromatic N) is 5. The van der Waals surface area contributed by atoms with Gasteiger partial charge >= 0.3 is 0 Å². The number of benzene rings is 1. The molecule has 1 atom stereocenters. The van der Waals surface area contributed by atoms with E-state index in [2.05, 4.69) is 17.9 Å². The van der Waals surface area contributed by atoms with E-state index in [0.717, 1.165) is 23.6 Å². The molecular formula is C23H31N5O3S2. The molecule has 3 aromatic rings. The lowest BCUT2D eigenvalue weighted by Crippen LogP contribution is -2.49. The minimum absolute atomic E-state index is 0.134. The van der Waals surface area contributed by atoms with Gasteiger partial charge in [0.1, 0.15) is 15.6 Å². The summed E-state index contributed by atoms with van der Waals surface area (Å²) in [6.45, 7) is 9.26. The largest absolute Gasteiger partial charge is 0.345 e. The molecule has 4 rings (SSSR count). The average molecular weight is 490 g/mol. The summed E-state index contributed by atoms with van der Waals surface area (Å²) in [5.74, 6) is -0.134. The van der Waals surface area contributed by atoms with E-state index in [-0.39, 0.29) is 16.8 Å². The van der Waals surface area contributed by atoms with Gasteiger partial charge in [0.05, 0.1) is 16.3 Å². The Morgan fingerprint density at radius 1 is 1.15 bits per heavy atom. The molecule has 1 aliphatic heterocycles. The second kappa shape index (κ2) is 9.54. The minimum atomic E-state index is -3.60. The molecule has 1 saturated heterocycles. The average Bonchev–Trinajstić information content (AvgIpc) is 3.43. The van der Waals surface area contributed by atoms with E-state index >= 15 is 0 Å². The topological polar surface area (TPSA) is 78.8 Å². The number of hydrogen-bond acceptors (Lipinski definition) is 6. The van der Waals surface area contributed by atoms with E-state index in [9.17, 15) is 13.2 Å². The van der Waals surface area contributed by atoms with Gasteiger partial charge in [-0.25, -0.2) is 13.4 Å². The van der Waals surface area contributed by atoms with Crippen LogP contribution in [0.1, 0.15) is 42.3 Å². The zero-order chi connectivity index (χ0) is 23.8. The number of carbonyl (C=O) groups excluding carboxylic acids is 1. The standard InChI is InChI=1S/C23H31N5O3S2/c1-5-28(6-2)33(30,31)18-15-20(25(4)16-18)23(29)27-13-11-26(12-14-27)17(3)22-24-19-9-7-8-10-21(19)32-22/h7-10,15-17H,5-6,11-14H2,1-4H3/t17-/m0/s1. The highest BCUT2D eigenvalue weighted by Gasteiger charge is 2.30. The highest BCUT2D eigenvalue weighted by molar-refractivity contribution is 7.89. The normalized spacial score (nSPS) is 16.6. The van der Waals surface area contributed by atoms with Crippen LogP contribution in [0.2, 0.25) is 0 Å². The molecule has 2 aromatic heterocycles. The molecule has 1 fully saturated rings. The van der Waals surface area contributed by atoms with Gasteiger partial charge in [0.25, 0.3) is 5.91 Å². The number of aromatic nitrogens is 2. The Kier molecular flexibility index (Phi) is 6.90. The van der Waals surface area contributed by atoms with Crippen LogP contribution in [0.25, 0.3) is 10.2 Å². The highest BCUT2D eigenvalue weighted by atomic mass is 32.2. The third-order valence-corrected chi connectivity index (χ3v) is 9.58. The van der Waals surface area contributed by atoms with Crippen molar-refractivity contribution in [3.8, 4) is 0 Å². The zero-order valence-electron chi connectivity index (χ0n) is 19.6. The second-order valence-corrected chi connectivity index (χ2v) is 11.3. The van der Waals surface area contributed by atoms with Crippen molar-refractivity contribution < 1.29 is 13.2 Å². The van der Waals surface area contributed by atoms with Crippen molar-refractivity contribution in [2.75, 3.05) is 39.3 Å². The summed E-state index contributed by atoms with van der Waals surface area (Å²) in [5.41, 5.74) is 1.42. The number of aryl methyl sites for hydroxylation is 1. The number of hydrogen-bond donors (Lipinski definition) is 0. The number of sulfonamides is 1. The Labute approximate surface area is 199 Å². The third kappa shape index (κ3) is 4.57. The quantitative estimate of drug-likeness (QED) is 0.509. The van der Waals surface area contributed by atoms with E-state index in [0.29, 0.717) is 31.9 Å². The molecule has 0 unspecified atom stereocenters. The maximum atomic E-state index is 13.2. The summed E-state index contributed by atoms with van der Waals surface area (Å²) in [6.07, 6.45) is 1.53. The highest BCUT2D eigenvalue weighted by Crippen LogP contribution is 2.30. The minimum Gasteiger partial charge on any atom is -0.345 e. The summed E-state index contributed by atoms with van der Waals surface area (Å²) in [5, 5.41) is 1.09. The first kappa shape index (κ1) is 23.9. The Hall–Kier alpha value is -2.27. The number of rotatable bonds is 7. The van der Waals surface area contributed by atoms with E-state index < -0.39 is 10.0 Å². The Bertz CT molecular complexity index is 1210. The van der Waals surface area contributed by atoms with Crippen LogP contribution in [-0.2, 0) is 17.1 Å². The van der Waals surface area contributed by atoms with E-state index in [1.54, 1.807) is 23.0 Å². The van der Waals surface area contributed by atoms with Crippen LogP contribution in [0.3, 0.4) is 0 Å². The van der Waals surface area contributed by atoms with Gasteiger partial charge in [-0.2, -0.15) is 4.31 Å². The fraction of sp³-hybridized carbons (Fsp3) is 0.478. The first-order valence-electron chi connectivity index (χ1n) is 11.3. The maximum Gasteiger partial charge on any atom is 0.270 e. The van der Waals surface area contributed by atoms with Gasteiger partial charge < -0.3 is 9.47 Å². The summed E-state index contributed by atoms with van der Waals surface area (Å²) in [6, 6.07) is 9.85. The number of carbonyl (C=O) groups is 1. The number of fused-ring (bicyclic) bond motifs is 1. The molecule has 8 nitrogen and oxygen atoms in total. The predicted octanol–water partition coefficient (Wildman–Crippen LogP) is 3.18. The van der Waals surface area contributed by atoms with Crippen LogP contribution in [0.4, 0.5) is 0 Å². The van der Waals surface area contributed by atoms with E-state index in [1.807, 2.05) is 36.9 Å². The van der Waals surface area contributed by atoms with Crippen LogP contribution in [0.15, 0.2) is 41.4 Å². The van der Waals surface area contributed by atoms with Crippen LogP contribution in [0.5, 0.6) is 0 Å². The van der Waals surface area contributed by atoms with Crippen molar-refractivity contribution >= 4 is 37.5 Å². The molecule has 0 radical (unpaired) electrons. The van der Waals surface area contributed by atoms with Gasteiger partial charge in [0.2, 0.25) is 10.0 Å². The van der Waals surface area contributed by atoms with Gasteiger partial charge in [-0.15, -0.1) is 11.3 Å². The van der Waals surface area contributed by atoms with Gasteiger partial charge in [0.15, 0.2) is 0 Å². The maximum absolute atomic E-state index is 13.2. The van der Waals surface area contributed by atoms with Crippen LogP contribution >= 0.6 is 11.3 Å². The molecule has 33 heavy (non-hydrogen) atoms. The van der Waals surface area contributed by atoms with Gasteiger partial charge in [0, 0.05) is 52.5 Å². The zero-order valence-corrected chi connectivity index (χ0v) is 21.2. The fourth-order valence-corrected chi connectivity index (χ4v) is 6.88. The van der Waals surface area contributed by atoms with E-state index in [4.69, 9.17) is 4.98 Å². The van der Waals surface area contributed by atoms with E-state index in [1.165, 1.54) is 21.3 Å². The molecule has 0 saturated carbocycles. The number of para-hydroxylation sites is 1. The first-order chi connectivity index (χ1) is 15.8. The van der Waals surface area contributed by atoms with Gasteiger partial charge in [-0.3, -0.25) is 9.69 Å². The molecule has 0 bridgehead atoms. The lowest BCUT2D eigenvalue weighted by atomic mass is 10.2. The summed E-state index contributed by atoms with van der Waals surface area (Å²) < 4.78 is 29.9.